The lowest BCUT2D eigenvalue weighted by atomic mass is 10.1. The van der Waals surface area contributed by atoms with E-state index in [2.05, 4.69) is 5.32 Å². The Balaban J connectivity index is 2.05. The maximum Gasteiger partial charge on any atom is 0.264 e. The van der Waals surface area contributed by atoms with Crippen molar-refractivity contribution in [3.63, 3.8) is 0 Å². The molecule has 10 heteroatoms. The van der Waals surface area contributed by atoms with Crippen LogP contribution in [0.3, 0.4) is 0 Å². The minimum Gasteiger partial charge on any atom is -0.497 e. The standard InChI is InChI=1S/C31H39N3O6S/c1-6-29(31(36)32-20-23(2)3)33(21-24-11-10-12-27(19-24)40-5)30(35)22-34(25-15-17-26(39-4)18-16-25)41(37,38)28-13-8-7-9-14-28/h7-19,23,29H,6,20-22H2,1-5H3,(H,32,36). The molecule has 220 valence electrons. The van der Waals surface area contributed by atoms with Crippen LogP contribution in [-0.2, 0) is 26.2 Å². The number of carbonyl (C=O) groups excluding carboxylic acids is 2. The average molecular weight is 582 g/mol. The molecule has 0 saturated carbocycles. The van der Waals surface area contributed by atoms with E-state index in [-0.39, 0.29) is 23.3 Å². The number of anilines is 1. The third-order valence-corrected chi connectivity index (χ3v) is 8.32. The van der Waals surface area contributed by atoms with Gasteiger partial charge in [-0.15, -0.1) is 0 Å². The van der Waals surface area contributed by atoms with Crippen molar-refractivity contribution in [2.24, 2.45) is 5.92 Å². The van der Waals surface area contributed by atoms with E-state index in [9.17, 15) is 18.0 Å². The predicted octanol–water partition coefficient (Wildman–Crippen LogP) is 4.48. The first-order valence-corrected chi connectivity index (χ1v) is 15.0. The molecule has 0 aliphatic carbocycles. The summed E-state index contributed by atoms with van der Waals surface area (Å²) in [6.45, 7) is 5.83. The molecule has 2 amide bonds. The molecule has 3 aromatic carbocycles. The van der Waals surface area contributed by atoms with Crippen LogP contribution >= 0.6 is 0 Å². The highest BCUT2D eigenvalue weighted by Gasteiger charge is 2.33. The normalized spacial score (nSPS) is 12.0. The van der Waals surface area contributed by atoms with Gasteiger partial charge in [0.1, 0.15) is 24.1 Å². The van der Waals surface area contributed by atoms with Crippen molar-refractivity contribution in [1.29, 1.82) is 0 Å². The van der Waals surface area contributed by atoms with Crippen molar-refractivity contribution in [3.05, 3.63) is 84.4 Å². The topological polar surface area (TPSA) is 105 Å². The maximum absolute atomic E-state index is 14.1. The number of nitrogens with one attached hydrogen (secondary N) is 1. The number of amides is 2. The van der Waals surface area contributed by atoms with Crippen molar-refractivity contribution < 1.29 is 27.5 Å². The highest BCUT2D eigenvalue weighted by atomic mass is 32.2. The molecule has 1 atom stereocenters. The Morgan fingerprint density at radius 3 is 2.12 bits per heavy atom. The average Bonchev–Trinajstić information content (AvgIpc) is 2.99. The number of rotatable bonds is 14. The van der Waals surface area contributed by atoms with Crippen LogP contribution < -0.4 is 19.1 Å². The molecule has 0 aliphatic heterocycles. The summed E-state index contributed by atoms with van der Waals surface area (Å²) in [5.41, 5.74) is 1.04. The zero-order valence-electron chi connectivity index (χ0n) is 24.2. The van der Waals surface area contributed by atoms with Gasteiger partial charge in [0.25, 0.3) is 10.0 Å². The molecule has 3 rings (SSSR count). The summed E-state index contributed by atoms with van der Waals surface area (Å²) in [5.74, 6) is 0.568. The number of ether oxygens (including phenoxy) is 2. The summed E-state index contributed by atoms with van der Waals surface area (Å²) < 4.78 is 39.4. The SMILES string of the molecule is CCC(C(=O)NCC(C)C)N(Cc1cccc(OC)c1)C(=O)CN(c1ccc(OC)cc1)S(=O)(=O)c1ccccc1. The fraction of sp³-hybridized carbons (Fsp3) is 0.355. The van der Waals surface area contributed by atoms with Gasteiger partial charge >= 0.3 is 0 Å². The van der Waals surface area contributed by atoms with Crippen LogP contribution in [0.1, 0.15) is 32.8 Å². The molecule has 0 aliphatic rings. The molecule has 0 radical (unpaired) electrons. The molecule has 3 aromatic rings. The van der Waals surface area contributed by atoms with E-state index in [4.69, 9.17) is 9.47 Å². The van der Waals surface area contributed by atoms with Gasteiger partial charge in [-0.3, -0.25) is 13.9 Å². The summed E-state index contributed by atoms with van der Waals surface area (Å²) in [6.07, 6.45) is 0.341. The van der Waals surface area contributed by atoms with E-state index in [1.54, 1.807) is 67.8 Å². The zero-order valence-corrected chi connectivity index (χ0v) is 25.1. The highest BCUT2D eigenvalue weighted by molar-refractivity contribution is 7.92. The number of benzene rings is 3. The predicted molar refractivity (Wildman–Crippen MR) is 159 cm³/mol. The Hall–Kier alpha value is -4.05. The molecule has 0 heterocycles. The molecule has 1 N–H and O–H groups in total. The Labute approximate surface area is 243 Å². The number of nitrogens with zero attached hydrogens (tertiary/aromatic N) is 2. The number of sulfonamides is 1. The number of hydrogen-bond acceptors (Lipinski definition) is 6. The molecule has 41 heavy (non-hydrogen) atoms. The van der Waals surface area contributed by atoms with Gasteiger partial charge in [0.15, 0.2) is 0 Å². The second-order valence-corrected chi connectivity index (χ2v) is 11.8. The summed E-state index contributed by atoms with van der Waals surface area (Å²) >= 11 is 0. The number of hydrogen-bond donors (Lipinski definition) is 1. The molecular formula is C31H39N3O6S. The van der Waals surface area contributed by atoms with Crippen LogP contribution in [-0.4, -0.2) is 58.5 Å². The van der Waals surface area contributed by atoms with Crippen LogP contribution in [0.4, 0.5) is 5.69 Å². The smallest absolute Gasteiger partial charge is 0.264 e. The van der Waals surface area contributed by atoms with E-state index in [0.29, 0.717) is 30.2 Å². The molecule has 0 bridgehead atoms. The van der Waals surface area contributed by atoms with Crippen LogP contribution in [0, 0.1) is 5.92 Å². The number of carbonyl (C=O) groups is 2. The van der Waals surface area contributed by atoms with Gasteiger partial charge in [-0.1, -0.05) is 51.1 Å². The quantitative estimate of drug-likeness (QED) is 0.301. The van der Waals surface area contributed by atoms with E-state index >= 15 is 0 Å². The van der Waals surface area contributed by atoms with Gasteiger partial charge in [0, 0.05) is 13.1 Å². The van der Waals surface area contributed by atoms with Crippen LogP contribution in [0.2, 0.25) is 0 Å². The maximum atomic E-state index is 14.1. The van der Waals surface area contributed by atoms with E-state index in [1.165, 1.54) is 24.1 Å². The Kier molecular flexibility index (Phi) is 11.2. The Morgan fingerprint density at radius 1 is 0.878 bits per heavy atom. The summed E-state index contributed by atoms with van der Waals surface area (Å²) in [5, 5.41) is 2.93. The van der Waals surface area contributed by atoms with Gasteiger partial charge in [-0.2, -0.15) is 0 Å². The van der Waals surface area contributed by atoms with E-state index < -0.39 is 28.5 Å². The van der Waals surface area contributed by atoms with Gasteiger partial charge in [0.05, 0.1) is 24.8 Å². The molecule has 0 aromatic heterocycles. The first-order chi connectivity index (χ1) is 19.6. The molecule has 1 unspecified atom stereocenters. The minimum absolute atomic E-state index is 0.0460. The Morgan fingerprint density at radius 2 is 1.54 bits per heavy atom. The summed E-state index contributed by atoms with van der Waals surface area (Å²) in [7, 11) is -1.07. The van der Waals surface area contributed by atoms with Crippen molar-refractivity contribution in [1.82, 2.24) is 10.2 Å². The van der Waals surface area contributed by atoms with Crippen LogP contribution in [0.15, 0.2) is 83.8 Å². The van der Waals surface area contributed by atoms with Crippen molar-refractivity contribution in [2.75, 3.05) is 31.6 Å². The lowest BCUT2D eigenvalue weighted by Gasteiger charge is -2.33. The molecule has 0 fully saturated rings. The summed E-state index contributed by atoms with van der Waals surface area (Å²) in [6, 6.07) is 20.8. The van der Waals surface area contributed by atoms with Crippen LogP contribution in [0.5, 0.6) is 11.5 Å². The largest absolute Gasteiger partial charge is 0.497 e. The van der Waals surface area contributed by atoms with Gasteiger partial charge in [-0.25, -0.2) is 8.42 Å². The molecule has 0 spiro atoms. The van der Waals surface area contributed by atoms with Crippen molar-refractivity contribution in [3.8, 4) is 11.5 Å². The first-order valence-electron chi connectivity index (χ1n) is 13.5. The fourth-order valence-corrected chi connectivity index (χ4v) is 5.74. The highest BCUT2D eigenvalue weighted by Crippen LogP contribution is 2.27. The lowest BCUT2D eigenvalue weighted by molar-refractivity contribution is -0.140. The second-order valence-electron chi connectivity index (χ2n) is 9.96. The fourth-order valence-electron chi connectivity index (χ4n) is 4.31. The first kappa shape index (κ1) is 31.5. The van der Waals surface area contributed by atoms with Crippen molar-refractivity contribution in [2.45, 2.75) is 44.7 Å². The summed E-state index contributed by atoms with van der Waals surface area (Å²) in [4.78, 5) is 28.9. The molecule has 0 saturated heterocycles. The third kappa shape index (κ3) is 8.23. The third-order valence-electron chi connectivity index (χ3n) is 6.53. The monoisotopic (exact) mass is 581 g/mol. The molecule has 9 nitrogen and oxygen atoms in total. The van der Waals surface area contributed by atoms with Gasteiger partial charge in [0.2, 0.25) is 11.8 Å². The van der Waals surface area contributed by atoms with Crippen LogP contribution in [0.25, 0.3) is 0 Å². The minimum atomic E-state index is -4.14. The zero-order chi connectivity index (χ0) is 30.0. The van der Waals surface area contributed by atoms with Gasteiger partial charge in [-0.05, 0) is 66.4 Å². The van der Waals surface area contributed by atoms with E-state index in [1.807, 2.05) is 26.8 Å². The Bertz CT molecular complexity index is 1390. The lowest BCUT2D eigenvalue weighted by Crippen LogP contribution is -2.52. The number of methoxy groups -OCH3 is 2. The molecular weight excluding hydrogens is 542 g/mol. The van der Waals surface area contributed by atoms with E-state index in [0.717, 1.165) is 9.87 Å². The second kappa shape index (κ2) is 14.5. The van der Waals surface area contributed by atoms with Gasteiger partial charge < -0.3 is 19.7 Å². The van der Waals surface area contributed by atoms with Crippen molar-refractivity contribution >= 4 is 27.5 Å².